The molecule has 6 aliphatic rings. The summed E-state index contributed by atoms with van der Waals surface area (Å²) in [6, 6.07) is 74.9. The average Bonchev–Trinajstić information content (AvgIpc) is 0.700. The number of unbranched alkanes of at least 4 members (excludes halogenated alkanes) is 28. The predicted octanol–water partition coefficient (Wildman–Crippen LogP) is 23.1. The van der Waals surface area contributed by atoms with Crippen molar-refractivity contribution in [1.82, 2.24) is 0 Å². The van der Waals surface area contributed by atoms with Gasteiger partial charge in [0.2, 0.25) is 11.6 Å². The Labute approximate surface area is 770 Å². The standard InChI is InChI=1S/C60H72B2N4O2.C52H56B2N4O4/c1-3-5-7-9-11-13-15-17-19-21-25-43-31-37-47(38-32-43)61-63-51-29-23-27-45-35-41-49(57(65-61)53(45)51)55-59(67)56(60(55)68)50-42-36-46-28-24-30-52-54(46)58(50)66-62(64-52)48-39-33-44(34-40-48)26-22-20-18-16-14-12-10-8-6-4-2;1-3-5-7-9-11-13-33-61-39-27-23-37(24-28-39)53-55-43-19-15-17-35-21-31-41(49(57-53)45(35)43)47-51(59)48(52(47)60)42-32-22-36-18-16-20-44-46(36)50(42)58-54(56-44)38-25-29-40(30-26-38)62-34-14-12-10-8-6-4-2/h23-24,27-42,63-65,67H,3-22,25-26H2,1-2H3;15-32,55-57,59H,3-14,33-34H2,1-2H3. The molecular formula is C112H128B4N8O6. The molecule has 0 atom stereocenters. The molecule has 664 valence electrons. The molecule has 14 nitrogen and oxygen atoms in total. The number of ether oxygens (including phenoxy) is 2. The Morgan fingerprint density at radius 1 is 0.285 bits per heavy atom. The van der Waals surface area contributed by atoms with Gasteiger partial charge in [-0.15, -0.1) is 0 Å². The minimum atomic E-state index is -0.388. The lowest BCUT2D eigenvalue weighted by Gasteiger charge is -2.31. The van der Waals surface area contributed by atoms with Gasteiger partial charge in [-0.3, -0.25) is 9.59 Å². The molecule has 0 aromatic heterocycles. The first-order chi connectivity index (χ1) is 64.0. The second-order valence-corrected chi connectivity index (χ2v) is 36.9. The molecule has 4 aliphatic heterocycles. The normalized spacial score (nSPS) is 14.8. The van der Waals surface area contributed by atoms with Gasteiger partial charge in [0.05, 0.1) is 46.2 Å². The Bertz CT molecular complexity index is 6380. The maximum Gasteiger partial charge on any atom is 0.427 e. The first kappa shape index (κ1) is 90.1. The summed E-state index contributed by atoms with van der Waals surface area (Å²) in [7, 11) is 0. The van der Waals surface area contributed by atoms with Crippen molar-refractivity contribution in [2.75, 3.05) is 44.6 Å². The molecule has 8 N–H and O–H groups in total. The van der Waals surface area contributed by atoms with E-state index in [1.807, 2.05) is 84.9 Å². The SMILES string of the molecule is CCCCCCCCCCCCc1ccc(B2N=c3c(=C4C(=O)C(c5ccc6cccc7c6c5NB(c5ccc(CCCCCCCCCCCC)cc5)N7)=C4O)ccc4cccc(c34)N2)cc1.CCCCCCCCOc1ccc(B2N=c3c(=C4C(=O)C(c5ccc6cccc7c6c5NB(c5ccc(OCCCCCCCC)cc5)N7)=C4O)ccc4cccc(c34)N2)cc1. The first-order valence-corrected chi connectivity index (χ1v) is 49.6. The van der Waals surface area contributed by atoms with E-state index in [-0.39, 0.29) is 56.6 Å². The fourth-order valence-corrected chi connectivity index (χ4v) is 20.1. The summed E-state index contributed by atoms with van der Waals surface area (Å²) < 4.78 is 12.2. The zero-order valence-electron chi connectivity index (χ0n) is 77.0. The number of carbonyl (C=O) groups is 2. The van der Waals surface area contributed by atoms with Crippen molar-refractivity contribution in [3.05, 3.63) is 273 Å². The van der Waals surface area contributed by atoms with Crippen LogP contribution in [0.1, 0.15) is 255 Å². The minimum Gasteiger partial charge on any atom is -0.506 e. The van der Waals surface area contributed by atoms with Crippen LogP contribution in [0.25, 0.3) is 65.4 Å². The number of nitrogens with one attached hydrogen (secondary N) is 6. The second kappa shape index (κ2) is 43.7. The molecule has 0 radical (unpaired) electrons. The zero-order valence-corrected chi connectivity index (χ0v) is 77.0. The molecule has 0 spiro atoms. The fraction of sp³-hybridized carbons (Fsp3) is 0.357. The molecule has 130 heavy (non-hydrogen) atoms. The highest BCUT2D eigenvalue weighted by molar-refractivity contribution is 6.81. The highest BCUT2D eigenvalue weighted by Gasteiger charge is 2.42. The Morgan fingerprint density at radius 2 is 0.585 bits per heavy atom. The van der Waals surface area contributed by atoms with E-state index in [1.165, 1.54) is 204 Å². The van der Waals surface area contributed by atoms with Crippen LogP contribution in [0.15, 0.2) is 240 Å². The average molecular weight is 1730 g/mol. The van der Waals surface area contributed by atoms with Crippen molar-refractivity contribution >= 4 is 161 Å². The maximum absolute atomic E-state index is 14.6. The lowest BCUT2D eigenvalue weighted by atomic mass is 9.65. The van der Waals surface area contributed by atoms with Gasteiger partial charge >= 0.3 is 27.9 Å². The van der Waals surface area contributed by atoms with E-state index in [9.17, 15) is 19.8 Å². The Kier molecular flexibility index (Phi) is 30.3. The van der Waals surface area contributed by atoms with Crippen LogP contribution >= 0.6 is 0 Å². The lowest BCUT2D eigenvalue weighted by molar-refractivity contribution is -0.110. The van der Waals surface area contributed by atoms with E-state index in [0.717, 1.165) is 142 Å². The number of benzene rings is 12. The van der Waals surface area contributed by atoms with Gasteiger partial charge in [-0.25, -0.2) is 0 Å². The molecular weight excluding hydrogens is 1600 g/mol. The maximum atomic E-state index is 14.6. The third-order valence-corrected chi connectivity index (χ3v) is 27.5. The molecule has 2 aliphatic carbocycles. The highest BCUT2D eigenvalue weighted by Crippen LogP contribution is 2.48. The van der Waals surface area contributed by atoms with Gasteiger partial charge in [-0.1, -0.05) is 377 Å². The molecule has 0 fully saturated rings. The lowest BCUT2D eigenvalue weighted by Crippen LogP contribution is -2.48. The first-order valence-electron chi connectivity index (χ1n) is 49.6. The van der Waals surface area contributed by atoms with Crippen molar-refractivity contribution < 1.29 is 29.3 Å². The van der Waals surface area contributed by atoms with Gasteiger partial charge in [0, 0.05) is 77.2 Å². The Hall–Kier alpha value is -11.9. The van der Waals surface area contributed by atoms with E-state index in [0.29, 0.717) is 56.9 Å². The summed E-state index contributed by atoms with van der Waals surface area (Å²) in [5.41, 5.74) is 15.1. The fourth-order valence-electron chi connectivity index (χ4n) is 20.1. The molecule has 0 amide bonds. The summed E-state index contributed by atoms with van der Waals surface area (Å²) in [5, 5.41) is 57.1. The zero-order chi connectivity index (χ0) is 89.1. The third kappa shape index (κ3) is 20.5. The summed E-state index contributed by atoms with van der Waals surface area (Å²) in [4.78, 5) is 39.7. The second-order valence-electron chi connectivity index (χ2n) is 36.9. The smallest absolute Gasteiger partial charge is 0.427 e. The molecule has 18 heteroatoms. The molecule has 0 saturated carbocycles. The van der Waals surface area contributed by atoms with Crippen LogP contribution in [0.2, 0.25) is 0 Å². The number of rotatable bonds is 44. The van der Waals surface area contributed by atoms with Crippen LogP contribution < -0.4 is 83.8 Å². The third-order valence-electron chi connectivity index (χ3n) is 27.5. The number of Topliss-reactive ketones (excluding diaryl/α,β-unsaturated/α-hetero) is 2. The molecule has 4 heterocycles. The van der Waals surface area contributed by atoms with Crippen LogP contribution in [-0.4, -0.2) is 62.9 Å². The number of aryl methyl sites for hydroxylation is 2. The molecule has 0 unspecified atom stereocenters. The number of aliphatic hydroxyl groups is 2. The molecule has 12 aromatic carbocycles. The molecule has 12 aromatic rings. The van der Waals surface area contributed by atoms with Crippen LogP contribution in [0.3, 0.4) is 0 Å². The van der Waals surface area contributed by atoms with Crippen LogP contribution in [0, 0.1) is 0 Å². The quantitative estimate of drug-likeness (QED) is 0.0133. The van der Waals surface area contributed by atoms with E-state index >= 15 is 0 Å². The minimum absolute atomic E-state index is 0.0166. The summed E-state index contributed by atoms with van der Waals surface area (Å²) in [5.74, 6) is 1.33. The van der Waals surface area contributed by atoms with Gasteiger partial charge in [0.25, 0.3) is 0 Å². The van der Waals surface area contributed by atoms with E-state index in [2.05, 4.69) is 193 Å². The van der Waals surface area contributed by atoms with E-state index in [4.69, 9.17) is 19.3 Å². The van der Waals surface area contributed by atoms with E-state index < -0.39 is 0 Å². The highest BCUT2D eigenvalue weighted by atomic mass is 16.5. The van der Waals surface area contributed by atoms with Crippen LogP contribution in [0.5, 0.6) is 11.5 Å². The number of allylic oxidation sites excluding steroid dienone is 4. The number of hydrogen-bond donors (Lipinski definition) is 8. The Balaban J connectivity index is 0.000000183. The number of ketones is 2. The van der Waals surface area contributed by atoms with Crippen LogP contribution in [0.4, 0.5) is 34.1 Å². The number of carbonyl (C=O) groups excluding carboxylic acids is 2. The van der Waals surface area contributed by atoms with Crippen molar-refractivity contribution in [3.63, 3.8) is 0 Å². The van der Waals surface area contributed by atoms with Gasteiger partial charge in [0.15, 0.2) is 0 Å². The number of nitrogens with zero attached hydrogens (tertiary/aromatic N) is 2. The summed E-state index contributed by atoms with van der Waals surface area (Å²) in [6.45, 7) is 9.28. The monoisotopic (exact) mass is 1730 g/mol. The van der Waals surface area contributed by atoms with Gasteiger partial charge < -0.3 is 60.9 Å². The van der Waals surface area contributed by atoms with Gasteiger partial charge in [-0.2, -0.15) is 0 Å². The van der Waals surface area contributed by atoms with Crippen molar-refractivity contribution in [2.45, 2.75) is 246 Å². The predicted molar refractivity (Wildman–Crippen MR) is 551 cm³/mol. The van der Waals surface area contributed by atoms with E-state index in [1.54, 1.807) is 0 Å². The van der Waals surface area contributed by atoms with Crippen molar-refractivity contribution in [3.8, 4) is 11.5 Å². The Morgan fingerprint density at radius 3 is 0.938 bits per heavy atom. The van der Waals surface area contributed by atoms with Crippen LogP contribution in [-0.2, 0) is 22.4 Å². The number of anilines is 6. The summed E-state index contributed by atoms with van der Waals surface area (Å²) in [6.07, 6.45) is 43.7. The van der Waals surface area contributed by atoms with Crippen molar-refractivity contribution in [2.24, 2.45) is 9.81 Å². The topological polar surface area (TPSA) is 190 Å². The molecule has 18 rings (SSSR count). The number of hydrogen-bond acceptors (Lipinski definition) is 14. The van der Waals surface area contributed by atoms with Crippen molar-refractivity contribution in [1.29, 1.82) is 0 Å². The largest absolute Gasteiger partial charge is 0.506 e. The molecule has 0 saturated heterocycles. The van der Waals surface area contributed by atoms with Gasteiger partial charge in [-0.05, 0) is 142 Å². The number of aliphatic hydroxyl groups excluding tert-OH is 2. The van der Waals surface area contributed by atoms with Gasteiger partial charge in [0.1, 0.15) is 23.0 Å². The summed E-state index contributed by atoms with van der Waals surface area (Å²) >= 11 is 0. The molecule has 0 bridgehead atoms.